The molecule has 0 aromatic heterocycles. The Morgan fingerprint density at radius 1 is 1.24 bits per heavy atom. The summed E-state index contributed by atoms with van der Waals surface area (Å²) < 4.78 is 0. The van der Waals surface area contributed by atoms with Crippen LogP contribution in [0, 0.1) is 19.3 Å². The van der Waals surface area contributed by atoms with Crippen LogP contribution < -0.4 is 0 Å². The zero-order valence-electron chi connectivity index (χ0n) is 11.5. The summed E-state index contributed by atoms with van der Waals surface area (Å²) in [5, 5.41) is 10.1. The molecular weight excluding hydrogens is 208 g/mol. The van der Waals surface area contributed by atoms with E-state index in [1.54, 1.807) is 0 Å². The molecule has 1 aliphatic carbocycles. The van der Waals surface area contributed by atoms with Crippen LogP contribution in [-0.4, -0.2) is 11.2 Å². The first-order valence-electron chi connectivity index (χ1n) is 6.80. The van der Waals surface area contributed by atoms with Gasteiger partial charge in [-0.15, -0.1) is 0 Å². The van der Waals surface area contributed by atoms with E-state index in [2.05, 4.69) is 45.9 Å². The summed E-state index contributed by atoms with van der Waals surface area (Å²) in [4.78, 5) is 0. The van der Waals surface area contributed by atoms with E-state index in [1.807, 2.05) is 0 Å². The minimum absolute atomic E-state index is 0.108. The molecule has 2 atom stereocenters. The van der Waals surface area contributed by atoms with E-state index in [4.69, 9.17) is 0 Å². The first-order chi connectivity index (χ1) is 8.05. The molecule has 0 aliphatic heterocycles. The lowest BCUT2D eigenvalue weighted by molar-refractivity contribution is -0.0933. The van der Waals surface area contributed by atoms with Gasteiger partial charge in [0.05, 0.1) is 6.10 Å². The lowest BCUT2D eigenvalue weighted by Gasteiger charge is -2.54. The quantitative estimate of drug-likeness (QED) is 0.836. The second kappa shape index (κ2) is 4.45. The Hall–Kier alpha value is -0.820. The minimum atomic E-state index is -0.108. The Bertz CT molecular complexity index is 404. The number of hydrogen-bond donors (Lipinski definition) is 1. The smallest absolute Gasteiger partial charge is 0.0608 e. The number of benzene rings is 1. The molecule has 1 heteroatoms. The van der Waals surface area contributed by atoms with E-state index in [0.717, 1.165) is 19.3 Å². The Balaban J connectivity index is 2.35. The monoisotopic (exact) mass is 232 g/mol. The van der Waals surface area contributed by atoms with Crippen molar-refractivity contribution in [3.63, 3.8) is 0 Å². The van der Waals surface area contributed by atoms with E-state index >= 15 is 0 Å². The molecule has 1 aliphatic rings. The maximum Gasteiger partial charge on any atom is 0.0608 e. The molecule has 1 N–H and O–H groups in total. The highest BCUT2D eigenvalue weighted by Crippen LogP contribution is 2.57. The minimum Gasteiger partial charge on any atom is -0.393 e. The van der Waals surface area contributed by atoms with Gasteiger partial charge in [0.15, 0.2) is 0 Å². The van der Waals surface area contributed by atoms with Crippen LogP contribution in [-0.2, 0) is 0 Å². The van der Waals surface area contributed by atoms with Crippen LogP contribution in [0.4, 0.5) is 0 Å². The zero-order chi connectivity index (χ0) is 12.6. The molecule has 1 aromatic carbocycles. The molecule has 1 fully saturated rings. The average molecular weight is 232 g/mol. The fourth-order valence-electron chi connectivity index (χ4n) is 3.63. The SMILES string of the molecule is CCC1(CC)C(O)CC1c1ccc(C)cc1C. The third-order valence-electron chi connectivity index (χ3n) is 4.93. The van der Waals surface area contributed by atoms with E-state index in [1.165, 1.54) is 16.7 Å². The predicted molar refractivity (Wildman–Crippen MR) is 72.3 cm³/mol. The molecule has 17 heavy (non-hydrogen) atoms. The van der Waals surface area contributed by atoms with Crippen LogP contribution in [0.5, 0.6) is 0 Å². The predicted octanol–water partition coefficient (Wildman–Crippen LogP) is 3.96. The number of aliphatic hydroxyl groups is 1. The molecule has 2 unspecified atom stereocenters. The van der Waals surface area contributed by atoms with Gasteiger partial charge in [-0.1, -0.05) is 37.6 Å². The third kappa shape index (κ3) is 1.81. The summed E-state index contributed by atoms with van der Waals surface area (Å²) in [6.45, 7) is 8.76. The molecule has 94 valence electrons. The number of aryl methyl sites for hydroxylation is 2. The Morgan fingerprint density at radius 2 is 1.88 bits per heavy atom. The van der Waals surface area contributed by atoms with Crippen molar-refractivity contribution in [3.05, 3.63) is 34.9 Å². The van der Waals surface area contributed by atoms with Crippen molar-refractivity contribution in [2.75, 3.05) is 0 Å². The average Bonchev–Trinajstić information content (AvgIpc) is 2.29. The molecule has 0 spiro atoms. The van der Waals surface area contributed by atoms with Gasteiger partial charge in [-0.05, 0) is 50.2 Å². The van der Waals surface area contributed by atoms with E-state index in [-0.39, 0.29) is 11.5 Å². The van der Waals surface area contributed by atoms with Gasteiger partial charge in [0.1, 0.15) is 0 Å². The molecule has 0 radical (unpaired) electrons. The fourth-order valence-corrected chi connectivity index (χ4v) is 3.63. The first kappa shape index (κ1) is 12.6. The number of hydrogen-bond acceptors (Lipinski definition) is 1. The molecule has 0 bridgehead atoms. The van der Waals surface area contributed by atoms with Crippen LogP contribution in [0.25, 0.3) is 0 Å². The lowest BCUT2D eigenvalue weighted by atomic mass is 9.52. The molecule has 0 amide bonds. The van der Waals surface area contributed by atoms with E-state index < -0.39 is 0 Å². The number of rotatable bonds is 3. The normalized spacial score (nSPS) is 26.6. The maximum absolute atomic E-state index is 10.1. The van der Waals surface area contributed by atoms with Gasteiger partial charge >= 0.3 is 0 Å². The molecule has 1 saturated carbocycles. The number of aliphatic hydroxyl groups excluding tert-OH is 1. The Labute approximate surface area is 105 Å². The summed E-state index contributed by atoms with van der Waals surface area (Å²) in [5.74, 6) is 0.549. The van der Waals surface area contributed by atoms with Gasteiger partial charge in [-0.2, -0.15) is 0 Å². The highest BCUT2D eigenvalue weighted by molar-refractivity contribution is 5.37. The molecule has 1 aromatic rings. The van der Waals surface area contributed by atoms with Crippen molar-refractivity contribution in [1.82, 2.24) is 0 Å². The van der Waals surface area contributed by atoms with Crippen LogP contribution in [0.15, 0.2) is 18.2 Å². The maximum atomic E-state index is 10.1. The van der Waals surface area contributed by atoms with Crippen molar-refractivity contribution in [2.45, 2.75) is 59.0 Å². The fraction of sp³-hybridized carbons (Fsp3) is 0.625. The summed E-state index contributed by atoms with van der Waals surface area (Å²) >= 11 is 0. The topological polar surface area (TPSA) is 20.2 Å². The van der Waals surface area contributed by atoms with Crippen LogP contribution >= 0.6 is 0 Å². The highest BCUT2D eigenvalue weighted by Gasteiger charge is 2.52. The van der Waals surface area contributed by atoms with Crippen molar-refractivity contribution >= 4 is 0 Å². The third-order valence-corrected chi connectivity index (χ3v) is 4.93. The second-order valence-electron chi connectivity index (χ2n) is 5.60. The van der Waals surface area contributed by atoms with Crippen LogP contribution in [0.1, 0.15) is 55.7 Å². The van der Waals surface area contributed by atoms with Crippen LogP contribution in [0.2, 0.25) is 0 Å². The highest BCUT2D eigenvalue weighted by atomic mass is 16.3. The van der Waals surface area contributed by atoms with Crippen molar-refractivity contribution in [3.8, 4) is 0 Å². The first-order valence-corrected chi connectivity index (χ1v) is 6.80. The Morgan fingerprint density at radius 3 is 2.35 bits per heavy atom. The molecule has 1 nitrogen and oxygen atoms in total. The van der Waals surface area contributed by atoms with Crippen molar-refractivity contribution in [2.24, 2.45) is 5.41 Å². The summed E-state index contributed by atoms with van der Waals surface area (Å²) in [6.07, 6.45) is 2.97. The summed E-state index contributed by atoms with van der Waals surface area (Å²) in [6, 6.07) is 6.72. The van der Waals surface area contributed by atoms with Crippen molar-refractivity contribution in [1.29, 1.82) is 0 Å². The zero-order valence-corrected chi connectivity index (χ0v) is 11.5. The van der Waals surface area contributed by atoms with Gasteiger partial charge in [0, 0.05) is 5.41 Å². The molecule has 0 saturated heterocycles. The van der Waals surface area contributed by atoms with Crippen LogP contribution in [0.3, 0.4) is 0 Å². The van der Waals surface area contributed by atoms with E-state index in [9.17, 15) is 5.11 Å². The second-order valence-corrected chi connectivity index (χ2v) is 5.60. The van der Waals surface area contributed by atoms with Gasteiger partial charge < -0.3 is 5.11 Å². The van der Waals surface area contributed by atoms with E-state index in [0.29, 0.717) is 5.92 Å². The van der Waals surface area contributed by atoms with Crippen molar-refractivity contribution < 1.29 is 5.11 Å². The van der Waals surface area contributed by atoms with Gasteiger partial charge in [0.2, 0.25) is 0 Å². The Kier molecular flexibility index (Phi) is 3.31. The molecule has 0 heterocycles. The van der Waals surface area contributed by atoms with Gasteiger partial charge in [-0.25, -0.2) is 0 Å². The standard InChI is InChI=1S/C16H24O/c1-5-16(6-2)14(10-15(16)17)13-8-7-11(3)9-12(13)4/h7-9,14-15,17H,5-6,10H2,1-4H3. The largest absolute Gasteiger partial charge is 0.393 e. The van der Waals surface area contributed by atoms with Gasteiger partial charge in [-0.3, -0.25) is 0 Å². The molecular formula is C16H24O. The summed E-state index contributed by atoms with van der Waals surface area (Å²) in [5.41, 5.74) is 4.28. The van der Waals surface area contributed by atoms with Gasteiger partial charge in [0.25, 0.3) is 0 Å². The molecule has 2 rings (SSSR count). The lowest BCUT2D eigenvalue weighted by Crippen LogP contribution is -2.51. The summed E-state index contributed by atoms with van der Waals surface area (Å²) in [7, 11) is 0.